The molecule has 4 heteroatoms. The summed E-state index contributed by atoms with van der Waals surface area (Å²) in [7, 11) is 0. The highest BCUT2D eigenvalue weighted by molar-refractivity contribution is 5.77. The minimum Gasteiger partial charge on any atom is -0.478 e. The van der Waals surface area contributed by atoms with Crippen molar-refractivity contribution in [3.8, 4) is 0 Å². The first kappa shape index (κ1) is 11.0. The second-order valence-corrected chi connectivity index (χ2v) is 3.77. The summed E-state index contributed by atoms with van der Waals surface area (Å²) < 4.78 is 31.7. The zero-order chi connectivity index (χ0) is 11.5. The standard InChI is InChI=1S/C12H13F2NO/c1-2-3-12-15-11(7-16-12)9-6-8(13)4-5-10(9)14/h4-6,11H,2-3,7H2,1H3/t11-/m0/s1. The van der Waals surface area contributed by atoms with Crippen LogP contribution in [0.2, 0.25) is 0 Å². The Balaban J connectivity index is 2.22. The second-order valence-electron chi connectivity index (χ2n) is 3.77. The molecule has 1 aliphatic rings. The van der Waals surface area contributed by atoms with Gasteiger partial charge < -0.3 is 4.74 Å². The summed E-state index contributed by atoms with van der Waals surface area (Å²) >= 11 is 0. The zero-order valence-electron chi connectivity index (χ0n) is 9.04. The van der Waals surface area contributed by atoms with Crippen LogP contribution in [0.3, 0.4) is 0 Å². The summed E-state index contributed by atoms with van der Waals surface area (Å²) in [5.41, 5.74) is 0.270. The molecule has 0 bridgehead atoms. The summed E-state index contributed by atoms with van der Waals surface area (Å²) in [5, 5.41) is 0. The van der Waals surface area contributed by atoms with E-state index in [9.17, 15) is 8.78 Å². The molecule has 86 valence electrons. The molecule has 2 rings (SSSR count). The van der Waals surface area contributed by atoms with Gasteiger partial charge in [0.05, 0.1) is 0 Å². The molecule has 2 nitrogen and oxygen atoms in total. The summed E-state index contributed by atoms with van der Waals surface area (Å²) in [4.78, 5) is 4.24. The highest BCUT2D eigenvalue weighted by atomic mass is 19.1. The molecule has 1 aromatic rings. The Bertz CT molecular complexity index is 417. The highest BCUT2D eigenvalue weighted by Crippen LogP contribution is 2.26. The van der Waals surface area contributed by atoms with E-state index >= 15 is 0 Å². The third-order valence-electron chi connectivity index (χ3n) is 2.49. The van der Waals surface area contributed by atoms with Crippen LogP contribution in [0.5, 0.6) is 0 Å². The first-order valence-corrected chi connectivity index (χ1v) is 5.35. The van der Waals surface area contributed by atoms with Gasteiger partial charge in [-0.3, -0.25) is 0 Å². The molecular weight excluding hydrogens is 212 g/mol. The van der Waals surface area contributed by atoms with Crippen molar-refractivity contribution in [3.05, 3.63) is 35.4 Å². The smallest absolute Gasteiger partial charge is 0.183 e. The van der Waals surface area contributed by atoms with Gasteiger partial charge in [0.2, 0.25) is 0 Å². The fraction of sp³-hybridized carbons (Fsp3) is 0.417. The molecule has 1 heterocycles. The van der Waals surface area contributed by atoms with Crippen molar-refractivity contribution >= 4 is 5.90 Å². The maximum atomic E-state index is 13.4. The molecule has 16 heavy (non-hydrogen) atoms. The lowest BCUT2D eigenvalue weighted by Gasteiger charge is -2.06. The predicted molar refractivity (Wildman–Crippen MR) is 57.4 cm³/mol. The van der Waals surface area contributed by atoms with Crippen molar-refractivity contribution in [1.82, 2.24) is 0 Å². The summed E-state index contributed by atoms with van der Waals surface area (Å²) in [6, 6.07) is 3.00. The summed E-state index contributed by atoms with van der Waals surface area (Å²) in [6.07, 6.45) is 1.67. The van der Waals surface area contributed by atoms with Crippen LogP contribution in [0.1, 0.15) is 31.4 Å². The fourth-order valence-corrected chi connectivity index (χ4v) is 1.70. The number of hydrogen-bond donors (Lipinski definition) is 0. The van der Waals surface area contributed by atoms with Crippen LogP contribution >= 0.6 is 0 Å². The maximum Gasteiger partial charge on any atom is 0.183 e. The molecule has 0 amide bonds. The summed E-state index contributed by atoms with van der Waals surface area (Å²) in [6.45, 7) is 2.32. The Morgan fingerprint density at radius 2 is 2.25 bits per heavy atom. The molecule has 1 atom stereocenters. The lowest BCUT2D eigenvalue weighted by Crippen LogP contribution is -2.01. The van der Waals surface area contributed by atoms with Gasteiger partial charge in [-0.2, -0.15) is 0 Å². The maximum absolute atomic E-state index is 13.4. The van der Waals surface area contributed by atoms with Crippen molar-refractivity contribution in [3.63, 3.8) is 0 Å². The number of halogens is 2. The van der Waals surface area contributed by atoms with Crippen molar-refractivity contribution < 1.29 is 13.5 Å². The van der Waals surface area contributed by atoms with Gasteiger partial charge in [0.15, 0.2) is 5.90 Å². The fourth-order valence-electron chi connectivity index (χ4n) is 1.70. The van der Waals surface area contributed by atoms with Gasteiger partial charge in [-0.05, 0) is 24.6 Å². The van der Waals surface area contributed by atoms with Crippen molar-refractivity contribution in [1.29, 1.82) is 0 Å². The minimum atomic E-state index is -0.449. The van der Waals surface area contributed by atoms with Gasteiger partial charge in [-0.25, -0.2) is 13.8 Å². The largest absolute Gasteiger partial charge is 0.478 e. The van der Waals surface area contributed by atoms with E-state index in [4.69, 9.17) is 4.74 Å². The molecular formula is C12H13F2NO. The Morgan fingerprint density at radius 3 is 3.00 bits per heavy atom. The second kappa shape index (κ2) is 4.60. The van der Waals surface area contributed by atoms with Gasteiger partial charge in [-0.15, -0.1) is 0 Å². The number of rotatable bonds is 3. The molecule has 0 saturated heterocycles. The molecule has 1 aliphatic heterocycles. The van der Waals surface area contributed by atoms with Gasteiger partial charge in [-0.1, -0.05) is 6.92 Å². The Hall–Kier alpha value is -1.45. The van der Waals surface area contributed by atoms with Crippen LogP contribution in [0.25, 0.3) is 0 Å². The number of aliphatic imine (C=N–C) groups is 1. The van der Waals surface area contributed by atoms with Crippen LogP contribution in [-0.2, 0) is 4.74 Å². The summed E-state index contributed by atoms with van der Waals surface area (Å²) in [5.74, 6) is -0.247. The number of nitrogens with zero attached hydrogens (tertiary/aromatic N) is 1. The normalized spacial score (nSPS) is 19.4. The molecule has 0 fully saturated rings. The van der Waals surface area contributed by atoms with Crippen molar-refractivity contribution in [2.75, 3.05) is 6.61 Å². The average Bonchev–Trinajstić information content (AvgIpc) is 2.71. The molecule has 1 aromatic carbocycles. The first-order chi connectivity index (χ1) is 7.70. The van der Waals surface area contributed by atoms with Gasteiger partial charge in [0.1, 0.15) is 24.3 Å². The number of hydrogen-bond acceptors (Lipinski definition) is 2. The molecule has 0 unspecified atom stereocenters. The van der Waals surface area contributed by atoms with E-state index in [1.54, 1.807) is 0 Å². The quantitative estimate of drug-likeness (QED) is 0.773. The number of ether oxygens (including phenoxy) is 1. The third-order valence-corrected chi connectivity index (χ3v) is 2.49. The molecule has 0 spiro atoms. The topological polar surface area (TPSA) is 21.6 Å². The molecule has 0 N–H and O–H groups in total. The van der Waals surface area contributed by atoms with E-state index < -0.39 is 17.7 Å². The molecule has 0 radical (unpaired) electrons. The molecule has 0 aliphatic carbocycles. The van der Waals surface area contributed by atoms with Gasteiger partial charge in [0, 0.05) is 12.0 Å². The molecule has 0 saturated carbocycles. The van der Waals surface area contributed by atoms with E-state index in [0.717, 1.165) is 25.0 Å². The number of benzene rings is 1. The lowest BCUT2D eigenvalue weighted by atomic mass is 10.1. The van der Waals surface area contributed by atoms with E-state index in [2.05, 4.69) is 4.99 Å². The highest BCUT2D eigenvalue weighted by Gasteiger charge is 2.23. The van der Waals surface area contributed by atoms with Crippen molar-refractivity contribution in [2.45, 2.75) is 25.8 Å². The molecule has 0 aromatic heterocycles. The van der Waals surface area contributed by atoms with Crippen LogP contribution in [0.4, 0.5) is 8.78 Å². The van der Waals surface area contributed by atoms with Crippen LogP contribution in [0.15, 0.2) is 23.2 Å². The average molecular weight is 225 g/mol. The predicted octanol–water partition coefficient (Wildman–Crippen LogP) is 3.23. The Morgan fingerprint density at radius 1 is 1.44 bits per heavy atom. The van der Waals surface area contributed by atoms with E-state index in [1.807, 2.05) is 6.92 Å². The minimum absolute atomic E-state index is 0.270. The van der Waals surface area contributed by atoms with Gasteiger partial charge >= 0.3 is 0 Å². The first-order valence-electron chi connectivity index (χ1n) is 5.35. The SMILES string of the molecule is CCCC1=N[C@H](c2cc(F)ccc2F)CO1. The Kier molecular flexibility index (Phi) is 3.17. The third kappa shape index (κ3) is 2.21. The van der Waals surface area contributed by atoms with E-state index in [-0.39, 0.29) is 5.56 Å². The lowest BCUT2D eigenvalue weighted by molar-refractivity contribution is 0.308. The van der Waals surface area contributed by atoms with E-state index in [0.29, 0.717) is 12.5 Å². The Labute approximate surface area is 93.0 Å². The van der Waals surface area contributed by atoms with Crippen LogP contribution < -0.4 is 0 Å². The zero-order valence-corrected chi connectivity index (χ0v) is 9.04. The van der Waals surface area contributed by atoms with Crippen LogP contribution in [-0.4, -0.2) is 12.5 Å². The van der Waals surface area contributed by atoms with Crippen LogP contribution in [0, 0.1) is 11.6 Å². The van der Waals surface area contributed by atoms with Gasteiger partial charge in [0.25, 0.3) is 0 Å². The monoisotopic (exact) mass is 225 g/mol. The van der Waals surface area contributed by atoms with Crippen molar-refractivity contribution in [2.24, 2.45) is 4.99 Å². The van der Waals surface area contributed by atoms with E-state index in [1.165, 1.54) is 6.07 Å².